The number of amides is 1. The van der Waals surface area contributed by atoms with Gasteiger partial charge in [-0.2, -0.15) is 5.10 Å². The summed E-state index contributed by atoms with van der Waals surface area (Å²) in [5, 5.41) is 8.68. The van der Waals surface area contributed by atoms with Gasteiger partial charge in [-0.3, -0.25) is 9.89 Å². The Labute approximate surface area is 93.3 Å². The van der Waals surface area contributed by atoms with Crippen molar-refractivity contribution in [2.24, 2.45) is 0 Å². The molecule has 2 heterocycles. The lowest BCUT2D eigenvalue weighted by atomic mass is 10.4. The predicted octanol–water partition coefficient (Wildman–Crippen LogP) is 1.21. The number of anilines is 1. The molecule has 7 heteroatoms. The first-order chi connectivity index (χ1) is 7.27. The second kappa shape index (κ2) is 4.18. The summed E-state index contributed by atoms with van der Waals surface area (Å²) < 4.78 is 0.567. The van der Waals surface area contributed by atoms with Crippen molar-refractivity contribution in [3.8, 4) is 0 Å². The summed E-state index contributed by atoms with van der Waals surface area (Å²) in [6.45, 7) is 0. The van der Waals surface area contributed by atoms with Crippen LogP contribution in [0.2, 0.25) is 0 Å². The zero-order chi connectivity index (χ0) is 10.7. The molecule has 0 atom stereocenters. The van der Waals surface area contributed by atoms with Gasteiger partial charge in [-0.15, -0.1) is 0 Å². The van der Waals surface area contributed by atoms with Crippen molar-refractivity contribution in [2.45, 2.75) is 0 Å². The zero-order valence-corrected chi connectivity index (χ0v) is 9.02. The number of halogens is 1. The molecule has 1 amide bonds. The number of pyridine rings is 1. The van der Waals surface area contributed by atoms with Crippen LogP contribution in [-0.4, -0.2) is 26.1 Å². The standard InChI is InChI=1S/C8H6BrN5O/c9-6-5(2-1-3-10-6)13-8(15)7-11-4-12-14-7/h1-4H,(H,13,15)(H,11,12,14). The number of nitrogens with one attached hydrogen (secondary N) is 2. The van der Waals surface area contributed by atoms with Crippen LogP contribution in [0.4, 0.5) is 5.69 Å². The van der Waals surface area contributed by atoms with E-state index < -0.39 is 0 Å². The lowest BCUT2D eigenvalue weighted by Gasteiger charge is -2.03. The number of aromatic nitrogens is 4. The number of rotatable bonds is 2. The van der Waals surface area contributed by atoms with Gasteiger partial charge in [-0.05, 0) is 28.1 Å². The molecule has 0 saturated heterocycles. The molecule has 0 bridgehead atoms. The van der Waals surface area contributed by atoms with Crippen LogP contribution in [0, 0.1) is 0 Å². The Balaban J connectivity index is 2.17. The monoisotopic (exact) mass is 267 g/mol. The van der Waals surface area contributed by atoms with Gasteiger partial charge in [-0.25, -0.2) is 9.97 Å². The first kappa shape index (κ1) is 9.78. The molecule has 0 aromatic carbocycles. The lowest BCUT2D eigenvalue weighted by Crippen LogP contribution is -2.14. The van der Waals surface area contributed by atoms with Crippen molar-refractivity contribution >= 4 is 27.5 Å². The largest absolute Gasteiger partial charge is 0.317 e. The fourth-order valence-corrected chi connectivity index (χ4v) is 1.33. The number of H-pyrrole nitrogens is 1. The highest BCUT2D eigenvalue weighted by molar-refractivity contribution is 9.10. The molecule has 0 aliphatic rings. The van der Waals surface area contributed by atoms with E-state index >= 15 is 0 Å². The Kier molecular flexibility index (Phi) is 2.72. The van der Waals surface area contributed by atoms with Crippen LogP contribution in [0.15, 0.2) is 29.3 Å². The normalized spacial score (nSPS) is 9.93. The van der Waals surface area contributed by atoms with Crippen LogP contribution in [0.5, 0.6) is 0 Å². The maximum absolute atomic E-state index is 11.5. The van der Waals surface area contributed by atoms with Crippen LogP contribution in [0.1, 0.15) is 10.6 Å². The smallest absolute Gasteiger partial charge is 0.293 e. The van der Waals surface area contributed by atoms with Gasteiger partial charge in [0.25, 0.3) is 5.91 Å². The number of aromatic amines is 1. The Morgan fingerprint density at radius 1 is 1.47 bits per heavy atom. The highest BCUT2D eigenvalue weighted by atomic mass is 79.9. The van der Waals surface area contributed by atoms with Gasteiger partial charge >= 0.3 is 0 Å². The first-order valence-electron chi connectivity index (χ1n) is 4.04. The Bertz CT molecular complexity index is 470. The fraction of sp³-hybridized carbons (Fsp3) is 0. The summed E-state index contributed by atoms with van der Waals surface area (Å²) in [7, 11) is 0. The van der Waals surface area contributed by atoms with E-state index in [2.05, 4.69) is 41.4 Å². The zero-order valence-electron chi connectivity index (χ0n) is 7.44. The average Bonchev–Trinajstić information content (AvgIpc) is 2.74. The first-order valence-corrected chi connectivity index (χ1v) is 4.84. The summed E-state index contributed by atoms with van der Waals surface area (Å²) in [5.41, 5.74) is 0.582. The van der Waals surface area contributed by atoms with E-state index in [-0.39, 0.29) is 11.7 Å². The molecule has 0 aliphatic carbocycles. The van der Waals surface area contributed by atoms with Crippen LogP contribution in [0.25, 0.3) is 0 Å². The van der Waals surface area contributed by atoms with Gasteiger partial charge in [0, 0.05) is 6.20 Å². The van der Waals surface area contributed by atoms with E-state index in [0.717, 1.165) is 0 Å². The fourth-order valence-electron chi connectivity index (χ4n) is 0.976. The average molecular weight is 268 g/mol. The molecule has 0 unspecified atom stereocenters. The van der Waals surface area contributed by atoms with Crippen molar-refractivity contribution in [1.82, 2.24) is 20.2 Å². The van der Waals surface area contributed by atoms with E-state index in [0.29, 0.717) is 10.3 Å². The summed E-state index contributed by atoms with van der Waals surface area (Å²) in [4.78, 5) is 19.2. The van der Waals surface area contributed by atoms with Crippen molar-refractivity contribution in [3.05, 3.63) is 35.1 Å². The van der Waals surface area contributed by atoms with E-state index in [1.807, 2.05) is 0 Å². The molecule has 0 aliphatic heterocycles. The lowest BCUT2D eigenvalue weighted by molar-refractivity contribution is 0.101. The summed E-state index contributed by atoms with van der Waals surface area (Å²) in [6, 6.07) is 3.45. The minimum Gasteiger partial charge on any atom is -0.317 e. The summed E-state index contributed by atoms with van der Waals surface area (Å²) >= 11 is 3.22. The molecule has 0 fully saturated rings. The van der Waals surface area contributed by atoms with Crippen LogP contribution in [0.3, 0.4) is 0 Å². The number of hydrogen-bond acceptors (Lipinski definition) is 4. The van der Waals surface area contributed by atoms with E-state index in [1.165, 1.54) is 6.33 Å². The number of nitrogens with zero attached hydrogens (tertiary/aromatic N) is 3. The third-order valence-corrected chi connectivity index (χ3v) is 2.27. The van der Waals surface area contributed by atoms with Crippen LogP contribution >= 0.6 is 15.9 Å². The minimum absolute atomic E-state index is 0.158. The molecule has 0 saturated carbocycles. The van der Waals surface area contributed by atoms with Gasteiger partial charge in [0.05, 0.1) is 5.69 Å². The molecular weight excluding hydrogens is 262 g/mol. The molecule has 2 rings (SSSR count). The van der Waals surface area contributed by atoms with Crippen molar-refractivity contribution in [1.29, 1.82) is 0 Å². The predicted molar refractivity (Wildman–Crippen MR) is 56.3 cm³/mol. The maximum Gasteiger partial charge on any atom is 0.293 e. The van der Waals surface area contributed by atoms with Gasteiger partial charge in [-0.1, -0.05) is 0 Å². The molecule has 6 nitrogen and oxygen atoms in total. The number of carbonyl (C=O) groups is 1. The highest BCUT2D eigenvalue weighted by Gasteiger charge is 2.10. The van der Waals surface area contributed by atoms with Crippen LogP contribution < -0.4 is 5.32 Å². The SMILES string of the molecule is O=C(Nc1cccnc1Br)c1ncn[nH]1. The van der Waals surface area contributed by atoms with Gasteiger partial charge in [0.2, 0.25) is 5.82 Å². The molecule has 15 heavy (non-hydrogen) atoms. The molecule has 0 radical (unpaired) electrons. The van der Waals surface area contributed by atoms with E-state index in [1.54, 1.807) is 18.3 Å². The van der Waals surface area contributed by atoms with Gasteiger partial charge in [0.1, 0.15) is 10.9 Å². The third kappa shape index (κ3) is 2.18. The molecule has 0 spiro atoms. The maximum atomic E-state index is 11.5. The number of carbonyl (C=O) groups excluding carboxylic acids is 1. The second-order valence-electron chi connectivity index (χ2n) is 2.63. The molecular formula is C8H6BrN5O. The van der Waals surface area contributed by atoms with Crippen molar-refractivity contribution < 1.29 is 4.79 Å². The van der Waals surface area contributed by atoms with E-state index in [9.17, 15) is 4.79 Å². The molecule has 2 aromatic heterocycles. The number of hydrogen-bond donors (Lipinski definition) is 2. The third-order valence-electron chi connectivity index (χ3n) is 1.64. The van der Waals surface area contributed by atoms with E-state index in [4.69, 9.17) is 0 Å². The summed E-state index contributed by atoms with van der Waals surface area (Å²) in [6.07, 6.45) is 2.89. The van der Waals surface area contributed by atoms with Crippen LogP contribution in [-0.2, 0) is 0 Å². The van der Waals surface area contributed by atoms with Crippen molar-refractivity contribution in [2.75, 3.05) is 5.32 Å². The summed E-state index contributed by atoms with van der Waals surface area (Å²) in [5.74, 6) is -0.202. The Morgan fingerprint density at radius 2 is 2.33 bits per heavy atom. The molecule has 2 aromatic rings. The minimum atomic E-state index is -0.360. The Hall–Kier alpha value is -1.76. The van der Waals surface area contributed by atoms with Gasteiger partial charge in [0.15, 0.2) is 0 Å². The highest BCUT2D eigenvalue weighted by Crippen LogP contribution is 2.18. The molecule has 2 N–H and O–H groups in total. The Morgan fingerprint density at radius 3 is 3.00 bits per heavy atom. The quantitative estimate of drug-likeness (QED) is 0.802. The second-order valence-corrected chi connectivity index (χ2v) is 3.38. The van der Waals surface area contributed by atoms with Crippen molar-refractivity contribution in [3.63, 3.8) is 0 Å². The molecule has 76 valence electrons. The van der Waals surface area contributed by atoms with Gasteiger partial charge < -0.3 is 5.32 Å². The topological polar surface area (TPSA) is 83.6 Å².